The van der Waals surface area contributed by atoms with Crippen molar-refractivity contribution in [3.05, 3.63) is 36.3 Å². The summed E-state index contributed by atoms with van der Waals surface area (Å²) in [5.74, 6) is 1.81. The average Bonchev–Trinajstić information content (AvgIpc) is 3.24. The minimum absolute atomic E-state index is 0.597. The molecule has 1 unspecified atom stereocenters. The number of benzene rings is 1. The Kier molecular flexibility index (Phi) is 4.48. The van der Waals surface area contributed by atoms with Gasteiger partial charge in [0.2, 0.25) is 0 Å². The van der Waals surface area contributed by atoms with Gasteiger partial charge in [0.1, 0.15) is 11.3 Å². The van der Waals surface area contributed by atoms with Crippen LogP contribution < -0.4 is 0 Å². The molecule has 0 radical (unpaired) electrons. The van der Waals surface area contributed by atoms with Gasteiger partial charge in [0.25, 0.3) is 0 Å². The van der Waals surface area contributed by atoms with E-state index in [0.29, 0.717) is 5.92 Å². The van der Waals surface area contributed by atoms with Crippen LogP contribution in [0.2, 0.25) is 0 Å². The molecule has 0 saturated carbocycles. The number of para-hydroxylation sites is 1. The molecule has 24 heavy (non-hydrogen) atoms. The lowest BCUT2D eigenvalue weighted by molar-refractivity contribution is 0.182. The van der Waals surface area contributed by atoms with Crippen LogP contribution in [-0.2, 0) is 17.7 Å². The fraction of sp³-hybridized carbons (Fsp3) is 0.500. The van der Waals surface area contributed by atoms with Gasteiger partial charge in [-0.1, -0.05) is 38.0 Å². The normalized spacial score (nSPS) is 18.0. The molecule has 3 heterocycles. The monoisotopic (exact) mass is 323 g/mol. The van der Waals surface area contributed by atoms with Gasteiger partial charge in [-0.25, -0.2) is 4.98 Å². The van der Waals surface area contributed by atoms with Crippen LogP contribution in [0.5, 0.6) is 0 Å². The van der Waals surface area contributed by atoms with E-state index < -0.39 is 0 Å². The van der Waals surface area contributed by atoms with Crippen molar-refractivity contribution in [1.29, 1.82) is 0 Å². The lowest BCUT2D eigenvalue weighted by Crippen LogP contribution is -2.13. The molecule has 4 nitrogen and oxygen atoms in total. The maximum atomic E-state index is 5.60. The molecular formula is C20H25N3O. The maximum absolute atomic E-state index is 5.60. The number of pyridine rings is 1. The summed E-state index contributed by atoms with van der Waals surface area (Å²) in [7, 11) is 0. The number of aryl methyl sites for hydroxylation is 1. The Morgan fingerprint density at radius 3 is 2.96 bits per heavy atom. The summed E-state index contributed by atoms with van der Waals surface area (Å²) in [4.78, 5) is 9.53. The van der Waals surface area contributed by atoms with Gasteiger partial charge in [-0.3, -0.25) is 4.98 Å². The minimum Gasteiger partial charge on any atom is -0.381 e. The highest BCUT2D eigenvalue weighted by atomic mass is 16.5. The van der Waals surface area contributed by atoms with Crippen molar-refractivity contribution in [2.24, 2.45) is 5.92 Å². The van der Waals surface area contributed by atoms with Crippen molar-refractivity contribution in [2.75, 3.05) is 13.2 Å². The van der Waals surface area contributed by atoms with Crippen LogP contribution in [0.1, 0.15) is 38.4 Å². The van der Waals surface area contributed by atoms with E-state index in [2.05, 4.69) is 40.7 Å². The Morgan fingerprint density at radius 2 is 2.12 bits per heavy atom. The molecule has 1 saturated heterocycles. The third-order valence-corrected chi connectivity index (χ3v) is 5.03. The quantitative estimate of drug-likeness (QED) is 0.633. The standard InChI is InChI=1S/C20H25N3O/c1-2-3-4-9-19-22-18-12-21-17-8-6-5-7-16(17)20(18)23(19)13-15-10-11-24-14-15/h5-8,12,15H,2-4,9-11,13-14H2,1H3. The second-order valence-corrected chi connectivity index (χ2v) is 6.83. The molecule has 0 aliphatic carbocycles. The molecule has 3 aromatic rings. The lowest BCUT2D eigenvalue weighted by atomic mass is 10.1. The smallest absolute Gasteiger partial charge is 0.109 e. The molecule has 0 bridgehead atoms. The molecule has 4 heteroatoms. The number of hydrogen-bond acceptors (Lipinski definition) is 3. The van der Waals surface area contributed by atoms with Crippen molar-refractivity contribution in [3.8, 4) is 0 Å². The van der Waals surface area contributed by atoms with Gasteiger partial charge >= 0.3 is 0 Å². The number of unbranched alkanes of at least 4 members (excludes halogenated alkanes) is 2. The summed E-state index contributed by atoms with van der Waals surface area (Å²) in [5.41, 5.74) is 3.33. The van der Waals surface area contributed by atoms with Crippen LogP contribution in [0, 0.1) is 5.92 Å². The first-order valence-electron chi connectivity index (χ1n) is 9.17. The molecule has 0 amide bonds. The molecule has 1 aromatic carbocycles. The largest absolute Gasteiger partial charge is 0.381 e. The third-order valence-electron chi connectivity index (χ3n) is 5.03. The zero-order valence-electron chi connectivity index (χ0n) is 14.4. The molecule has 1 fully saturated rings. The highest BCUT2D eigenvalue weighted by Crippen LogP contribution is 2.27. The predicted octanol–water partition coefficient (Wildman–Crippen LogP) is 4.35. The van der Waals surface area contributed by atoms with Gasteiger partial charge in [-0.05, 0) is 18.9 Å². The Bertz CT molecular complexity index is 833. The van der Waals surface area contributed by atoms with Gasteiger partial charge in [0.15, 0.2) is 0 Å². The van der Waals surface area contributed by atoms with Crippen molar-refractivity contribution < 1.29 is 4.74 Å². The number of ether oxygens (including phenoxy) is 1. The third kappa shape index (κ3) is 2.91. The van der Waals surface area contributed by atoms with Gasteiger partial charge in [0, 0.05) is 30.9 Å². The SMILES string of the molecule is CCCCCc1nc2cnc3ccccc3c2n1CC1CCOC1. The molecule has 4 rings (SSSR count). The number of fused-ring (bicyclic) bond motifs is 3. The van der Waals surface area contributed by atoms with Crippen LogP contribution in [0.3, 0.4) is 0 Å². The van der Waals surface area contributed by atoms with Gasteiger partial charge in [-0.2, -0.15) is 0 Å². The van der Waals surface area contributed by atoms with Crippen LogP contribution in [0.25, 0.3) is 21.9 Å². The first-order valence-corrected chi connectivity index (χ1v) is 9.17. The van der Waals surface area contributed by atoms with Crippen molar-refractivity contribution in [2.45, 2.75) is 45.6 Å². The number of aromatic nitrogens is 3. The van der Waals surface area contributed by atoms with Crippen LogP contribution in [0.15, 0.2) is 30.5 Å². The van der Waals surface area contributed by atoms with Gasteiger partial charge < -0.3 is 9.30 Å². The van der Waals surface area contributed by atoms with E-state index in [0.717, 1.165) is 43.6 Å². The highest BCUT2D eigenvalue weighted by molar-refractivity contribution is 6.02. The molecule has 1 aliphatic heterocycles. The summed E-state index contributed by atoms with van der Waals surface area (Å²) < 4.78 is 8.05. The van der Waals surface area contributed by atoms with Crippen molar-refractivity contribution in [3.63, 3.8) is 0 Å². The summed E-state index contributed by atoms with van der Waals surface area (Å²) in [6.07, 6.45) is 7.83. The topological polar surface area (TPSA) is 39.9 Å². The Labute approximate surface area is 142 Å². The van der Waals surface area contributed by atoms with Gasteiger partial charge in [-0.15, -0.1) is 0 Å². The summed E-state index contributed by atoms with van der Waals surface area (Å²) in [6, 6.07) is 8.40. The van der Waals surface area contributed by atoms with E-state index in [4.69, 9.17) is 9.72 Å². The molecule has 1 atom stereocenters. The molecule has 0 spiro atoms. The maximum Gasteiger partial charge on any atom is 0.109 e. The summed E-state index contributed by atoms with van der Waals surface area (Å²) in [6.45, 7) is 5.02. The average molecular weight is 323 g/mol. The molecule has 2 aromatic heterocycles. The van der Waals surface area contributed by atoms with Crippen LogP contribution >= 0.6 is 0 Å². The van der Waals surface area contributed by atoms with E-state index >= 15 is 0 Å². The Hall–Kier alpha value is -1.94. The number of nitrogens with zero attached hydrogens (tertiary/aromatic N) is 3. The van der Waals surface area contributed by atoms with E-state index in [1.165, 1.54) is 36.0 Å². The van der Waals surface area contributed by atoms with Crippen molar-refractivity contribution in [1.82, 2.24) is 14.5 Å². The van der Waals surface area contributed by atoms with Gasteiger partial charge in [0.05, 0.1) is 23.8 Å². The van der Waals surface area contributed by atoms with Crippen LogP contribution in [-0.4, -0.2) is 27.7 Å². The number of rotatable bonds is 6. The summed E-state index contributed by atoms with van der Waals surface area (Å²) in [5, 5.41) is 1.21. The summed E-state index contributed by atoms with van der Waals surface area (Å²) >= 11 is 0. The first-order chi connectivity index (χ1) is 11.9. The van der Waals surface area contributed by atoms with E-state index in [1.54, 1.807) is 0 Å². The molecule has 126 valence electrons. The molecular weight excluding hydrogens is 298 g/mol. The molecule has 0 N–H and O–H groups in total. The zero-order chi connectivity index (χ0) is 16.4. The second-order valence-electron chi connectivity index (χ2n) is 6.83. The Balaban J connectivity index is 1.81. The second kappa shape index (κ2) is 6.89. The van der Waals surface area contributed by atoms with E-state index in [1.807, 2.05) is 6.20 Å². The van der Waals surface area contributed by atoms with E-state index in [9.17, 15) is 0 Å². The lowest BCUT2D eigenvalue weighted by Gasteiger charge is -2.14. The molecule has 1 aliphatic rings. The zero-order valence-corrected chi connectivity index (χ0v) is 14.4. The number of hydrogen-bond donors (Lipinski definition) is 0. The first kappa shape index (κ1) is 15.6. The highest BCUT2D eigenvalue weighted by Gasteiger charge is 2.21. The van der Waals surface area contributed by atoms with E-state index in [-0.39, 0.29) is 0 Å². The van der Waals surface area contributed by atoms with Crippen molar-refractivity contribution >= 4 is 21.9 Å². The fourth-order valence-electron chi connectivity index (χ4n) is 3.72. The van der Waals surface area contributed by atoms with Crippen LogP contribution in [0.4, 0.5) is 0 Å². The predicted molar refractivity (Wildman–Crippen MR) is 97.2 cm³/mol. The number of imidazole rings is 1. The Morgan fingerprint density at radius 1 is 1.21 bits per heavy atom. The minimum atomic E-state index is 0.597. The fourth-order valence-corrected chi connectivity index (χ4v) is 3.72.